The topological polar surface area (TPSA) is 91.7 Å². The number of hydrogen-bond acceptors (Lipinski definition) is 5. The molecule has 2 rings (SSSR count). The molecule has 0 atom stereocenters. The maximum absolute atomic E-state index is 11.0. The molecule has 0 radical (unpaired) electrons. The molecule has 106 valence electrons. The summed E-state index contributed by atoms with van der Waals surface area (Å²) in [6, 6.07) is 6.75. The molecule has 0 bridgehead atoms. The highest BCUT2D eigenvalue weighted by Gasteiger charge is 2.07. The Morgan fingerprint density at radius 1 is 1.30 bits per heavy atom. The normalized spacial score (nSPS) is 10.7. The van der Waals surface area contributed by atoms with Crippen molar-refractivity contribution < 1.29 is 19.7 Å². The van der Waals surface area contributed by atoms with E-state index in [2.05, 4.69) is 10.3 Å². The second kappa shape index (κ2) is 6.83. The number of aliphatic hydroxyl groups is 1. The van der Waals surface area contributed by atoms with Gasteiger partial charge < -0.3 is 20.3 Å². The molecule has 1 heterocycles. The molecule has 6 heteroatoms. The van der Waals surface area contributed by atoms with E-state index in [4.69, 9.17) is 14.9 Å². The summed E-state index contributed by atoms with van der Waals surface area (Å²) in [5.74, 6) is -0.341. The lowest BCUT2D eigenvalue weighted by Gasteiger charge is -2.09. The summed E-state index contributed by atoms with van der Waals surface area (Å²) in [4.78, 5) is 15.2. The number of aromatic carboxylic acids is 1. The molecule has 0 unspecified atom stereocenters. The fourth-order valence-corrected chi connectivity index (χ4v) is 1.85. The van der Waals surface area contributed by atoms with Crippen LogP contribution in [0.2, 0.25) is 0 Å². The van der Waals surface area contributed by atoms with Gasteiger partial charge >= 0.3 is 5.97 Å². The van der Waals surface area contributed by atoms with Crippen molar-refractivity contribution in [2.24, 2.45) is 0 Å². The van der Waals surface area contributed by atoms with Crippen LogP contribution in [0.1, 0.15) is 10.4 Å². The van der Waals surface area contributed by atoms with Gasteiger partial charge in [-0.1, -0.05) is 6.07 Å². The Bertz CT molecular complexity index is 601. The number of fused-ring (bicyclic) bond motifs is 1. The van der Waals surface area contributed by atoms with Gasteiger partial charge in [0.15, 0.2) is 0 Å². The van der Waals surface area contributed by atoms with Crippen molar-refractivity contribution in [3.8, 4) is 0 Å². The number of nitrogens with zero attached hydrogens (tertiary/aromatic N) is 1. The van der Waals surface area contributed by atoms with Crippen LogP contribution < -0.4 is 5.32 Å². The van der Waals surface area contributed by atoms with E-state index in [1.54, 1.807) is 24.4 Å². The lowest BCUT2D eigenvalue weighted by atomic mass is 10.1. The fourth-order valence-electron chi connectivity index (χ4n) is 1.85. The summed E-state index contributed by atoms with van der Waals surface area (Å²) in [7, 11) is 0. The van der Waals surface area contributed by atoms with Crippen LogP contribution in [0.15, 0.2) is 30.5 Å². The van der Waals surface area contributed by atoms with E-state index < -0.39 is 5.97 Å². The van der Waals surface area contributed by atoms with Gasteiger partial charge in [-0.05, 0) is 23.6 Å². The predicted octanol–water partition coefficient (Wildman–Crippen LogP) is 1.35. The number of carboxylic acid groups (broad SMARTS) is 1. The van der Waals surface area contributed by atoms with Crippen LogP contribution in [0, 0.1) is 0 Å². The van der Waals surface area contributed by atoms with E-state index in [-0.39, 0.29) is 12.2 Å². The van der Waals surface area contributed by atoms with E-state index in [0.717, 1.165) is 10.8 Å². The molecular weight excluding hydrogens is 260 g/mol. The molecule has 1 aromatic carbocycles. The van der Waals surface area contributed by atoms with Crippen molar-refractivity contribution in [1.29, 1.82) is 0 Å². The van der Waals surface area contributed by atoms with Crippen LogP contribution in [0.3, 0.4) is 0 Å². The third-order valence-electron chi connectivity index (χ3n) is 2.79. The van der Waals surface area contributed by atoms with Crippen LogP contribution >= 0.6 is 0 Å². The first-order valence-corrected chi connectivity index (χ1v) is 6.27. The van der Waals surface area contributed by atoms with Crippen LogP contribution in [0.4, 0.5) is 5.82 Å². The second-order valence-corrected chi connectivity index (χ2v) is 4.16. The van der Waals surface area contributed by atoms with Crippen LogP contribution in [-0.2, 0) is 4.74 Å². The van der Waals surface area contributed by atoms with Crippen molar-refractivity contribution in [3.63, 3.8) is 0 Å². The van der Waals surface area contributed by atoms with Gasteiger partial charge in [0.1, 0.15) is 5.82 Å². The Kier molecular flexibility index (Phi) is 4.86. The molecule has 2 aromatic rings. The molecule has 0 fully saturated rings. The molecule has 0 amide bonds. The van der Waals surface area contributed by atoms with Gasteiger partial charge in [0.05, 0.1) is 25.4 Å². The number of rotatable bonds is 7. The molecule has 0 saturated heterocycles. The number of ether oxygens (including phenoxy) is 1. The Morgan fingerprint density at radius 3 is 2.90 bits per heavy atom. The Morgan fingerprint density at radius 2 is 2.15 bits per heavy atom. The standard InChI is InChI=1S/C14H16N2O4/c17-6-8-20-7-5-16-13-12-9-11(14(18)19)2-1-10(12)3-4-15-13/h1-4,9,17H,5-8H2,(H,15,16)(H,18,19). The van der Waals surface area contributed by atoms with Crippen molar-refractivity contribution in [2.45, 2.75) is 0 Å². The fraction of sp³-hybridized carbons (Fsp3) is 0.286. The number of benzene rings is 1. The average molecular weight is 276 g/mol. The molecule has 6 nitrogen and oxygen atoms in total. The van der Waals surface area contributed by atoms with Crippen LogP contribution in [-0.4, -0.2) is 47.5 Å². The lowest BCUT2D eigenvalue weighted by Crippen LogP contribution is -2.12. The largest absolute Gasteiger partial charge is 0.478 e. The minimum absolute atomic E-state index is 0.00547. The number of aromatic nitrogens is 1. The average Bonchev–Trinajstić information content (AvgIpc) is 2.46. The number of hydrogen-bond donors (Lipinski definition) is 3. The highest BCUT2D eigenvalue weighted by Crippen LogP contribution is 2.22. The van der Waals surface area contributed by atoms with Crippen molar-refractivity contribution in [1.82, 2.24) is 4.98 Å². The number of carboxylic acids is 1. The zero-order valence-corrected chi connectivity index (χ0v) is 10.9. The number of nitrogens with one attached hydrogen (secondary N) is 1. The van der Waals surface area contributed by atoms with Gasteiger partial charge in [-0.3, -0.25) is 0 Å². The Labute approximate surface area is 116 Å². The summed E-state index contributed by atoms with van der Waals surface area (Å²) < 4.78 is 5.14. The highest BCUT2D eigenvalue weighted by atomic mass is 16.5. The molecule has 3 N–H and O–H groups in total. The number of aliphatic hydroxyl groups excluding tert-OH is 1. The van der Waals surface area contributed by atoms with Crippen molar-refractivity contribution in [3.05, 3.63) is 36.0 Å². The first kappa shape index (κ1) is 14.2. The number of pyridine rings is 1. The second-order valence-electron chi connectivity index (χ2n) is 4.16. The molecule has 1 aromatic heterocycles. The first-order chi connectivity index (χ1) is 9.72. The summed E-state index contributed by atoms with van der Waals surface area (Å²) in [6.45, 7) is 1.27. The third-order valence-corrected chi connectivity index (χ3v) is 2.79. The van der Waals surface area contributed by atoms with Gasteiger partial charge in [-0.2, -0.15) is 0 Å². The molecule has 0 spiro atoms. The minimum Gasteiger partial charge on any atom is -0.478 e. The molecular formula is C14H16N2O4. The van der Waals surface area contributed by atoms with Gasteiger partial charge in [0.2, 0.25) is 0 Å². The van der Waals surface area contributed by atoms with Gasteiger partial charge in [-0.15, -0.1) is 0 Å². The smallest absolute Gasteiger partial charge is 0.335 e. The maximum atomic E-state index is 11.0. The molecule has 0 aliphatic heterocycles. The summed E-state index contributed by atoms with van der Waals surface area (Å²) in [5, 5.41) is 22.4. The summed E-state index contributed by atoms with van der Waals surface area (Å²) in [6.07, 6.45) is 1.67. The third kappa shape index (κ3) is 3.43. The Hall–Kier alpha value is -2.18. The lowest BCUT2D eigenvalue weighted by molar-refractivity contribution is 0.0697. The highest BCUT2D eigenvalue weighted by molar-refractivity contribution is 5.98. The monoisotopic (exact) mass is 276 g/mol. The molecule has 0 aliphatic carbocycles. The van der Waals surface area contributed by atoms with E-state index in [1.807, 2.05) is 6.07 Å². The van der Waals surface area contributed by atoms with E-state index in [1.165, 1.54) is 0 Å². The predicted molar refractivity (Wildman–Crippen MR) is 75.1 cm³/mol. The van der Waals surface area contributed by atoms with Gasteiger partial charge in [0, 0.05) is 18.1 Å². The zero-order valence-electron chi connectivity index (χ0n) is 10.9. The molecule has 20 heavy (non-hydrogen) atoms. The van der Waals surface area contributed by atoms with Crippen molar-refractivity contribution >= 4 is 22.6 Å². The van der Waals surface area contributed by atoms with Gasteiger partial charge in [0.25, 0.3) is 0 Å². The quantitative estimate of drug-likeness (QED) is 0.661. The molecule has 0 aliphatic rings. The van der Waals surface area contributed by atoms with Gasteiger partial charge in [-0.25, -0.2) is 9.78 Å². The summed E-state index contributed by atoms with van der Waals surface area (Å²) >= 11 is 0. The zero-order chi connectivity index (χ0) is 14.4. The van der Waals surface area contributed by atoms with Crippen LogP contribution in [0.5, 0.6) is 0 Å². The number of anilines is 1. The first-order valence-electron chi connectivity index (χ1n) is 6.27. The summed E-state index contributed by atoms with van der Waals surface area (Å²) in [5.41, 5.74) is 0.227. The van der Waals surface area contributed by atoms with E-state index in [0.29, 0.717) is 25.6 Å². The molecule has 0 saturated carbocycles. The maximum Gasteiger partial charge on any atom is 0.335 e. The minimum atomic E-state index is -0.965. The van der Waals surface area contributed by atoms with E-state index in [9.17, 15) is 4.79 Å². The SMILES string of the molecule is O=C(O)c1ccc2ccnc(NCCOCCO)c2c1. The number of carbonyl (C=O) groups is 1. The van der Waals surface area contributed by atoms with E-state index >= 15 is 0 Å². The van der Waals surface area contributed by atoms with Crippen molar-refractivity contribution in [2.75, 3.05) is 31.7 Å². The van der Waals surface area contributed by atoms with Crippen LogP contribution in [0.25, 0.3) is 10.8 Å². The Balaban J connectivity index is 2.15.